The van der Waals surface area contributed by atoms with Crippen molar-refractivity contribution in [2.75, 3.05) is 5.32 Å². The van der Waals surface area contributed by atoms with E-state index in [1.807, 2.05) is 19.1 Å². The van der Waals surface area contributed by atoms with Crippen LogP contribution in [0, 0.1) is 12.7 Å². The van der Waals surface area contributed by atoms with Crippen LogP contribution in [0.2, 0.25) is 0 Å². The monoisotopic (exact) mass is 362 g/mol. The highest BCUT2D eigenvalue weighted by molar-refractivity contribution is 6.09. The summed E-state index contributed by atoms with van der Waals surface area (Å²) in [5, 5.41) is 15.7. The largest absolute Gasteiger partial charge is 0.321 e. The van der Waals surface area contributed by atoms with E-state index in [0.29, 0.717) is 22.6 Å². The van der Waals surface area contributed by atoms with Crippen LogP contribution < -0.4 is 5.32 Å². The molecule has 0 bridgehead atoms. The summed E-state index contributed by atoms with van der Waals surface area (Å²) in [7, 11) is 1.70. The number of nitrogens with zero attached hydrogens (tertiary/aromatic N) is 5. The Labute approximate surface area is 153 Å². The van der Waals surface area contributed by atoms with Crippen molar-refractivity contribution in [1.82, 2.24) is 25.0 Å². The predicted molar refractivity (Wildman–Crippen MR) is 98.6 cm³/mol. The van der Waals surface area contributed by atoms with E-state index >= 15 is 0 Å². The van der Waals surface area contributed by atoms with E-state index in [4.69, 9.17) is 0 Å². The van der Waals surface area contributed by atoms with Crippen LogP contribution in [0.5, 0.6) is 0 Å². The number of halogens is 1. The van der Waals surface area contributed by atoms with Gasteiger partial charge in [0, 0.05) is 23.6 Å². The number of benzene rings is 2. The molecule has 0 saturated heterocycles. The average Bonchev–Trinajstić information content (AvgIpc) is 3.07. The molecule has 2 aromatic heterocycles. The number of nitrogens with one attached hydrogen (secondary N) is 1. The molecule has 0 spiro atoms. The minimum atomic E-state index is -0.528. The molecule has 2 aromatic carbocycles. The molecule has 0 saturated carbocycles. The van der Waals surface area contributed by atoms with Crippen molar-refractivity contribution >= 4 is 22.5 Å². The third-order valence-electron chi connectivity index (χ3n) is 4.13. The lowest BCUT2D eigenvalue weighted by atomic mass is 10.1. The van der Waals surface area contributed by atoms with E-state index < -0.39 is 11.7 Å². The number of carbonyl (C=O) groups is 1. The molecule has 1 N–H and O–H groups in total. The van der Waals surface area contributed by atoms with Gasteiger partial charge < -0.3 is 5.32 Å². The van der Waals surface area contributed by atoms with Gasteiger partial charge in [0.1, 0.15) is 12.1 Å². The zero-order valence-electron chi connectivity index (χ0n) is 14.6. The van der Waals surface area contributed by atoms with Crippen molar-refractivity contribution < 1.29 is 9.18 Å². The molecule has 0 aliphatic rings. The molecule has 1 amide bonds. The van der Waals surface area contributed by atoms with Crippen molar-refractivity contribution in [2.24, 2.45) is 7.05 Å². The van der Waals surface area contributed by atoms with Gasteiger partial charge in [0.25, 0.3) is 5.91 Å². The lowest BCUT2D eigenvalue weighted by Gasteiger charge is -2.10. The average molecular weight is 362 g/mol. The Morgan fingerprint density at radius 1 is 1.15 bits per heavy atom. The summed E-state index contributed by atoms with van der Waals surface area (Å²) >= 11 is 0. The van der Waals surface area contributed by atoms with E-state index in [1.54, 1.807) is 25.2 Å². The smallest absolute Gasteiger partial charge is 0.255 e. The molecule has 0 aliphatic heterocycles. The molecule has 2 heterocycles. The van der Waals surface area contributed by atoms with Crippen molar-refractivity contribution in [1.29, 1.82) is 0 Å². The van der Waals surface area contributed by atoms with Gasteiger partial charge in [-0.15, -0.1) is 0 Å². The number of hydrogen-bond acceptors (Lipinski definition) is 5. The van der Waals surface area contributed by atoms with Gasteiger partial charge in [-0.3, -0.25) is 4.79 Å². The number of hydrogen-bond donors (Lipinski definition) is 1. The van der Waals surface area contributed by atoms with E-state index in [9.17, 15) is 9.18 Å². The normalized spacial score (nSPS) is 10.9. The first kappa shape index (κ1) is 16.8. The fraction of sp³-hybridized carbons (Fsp3) is 0.105. The number of rotatable bonds is 3. The van der Waals surface area contributed by atoms with Crippen LogP contribution in [0.4, 0.5) is 10.1 Å². The van der Waals surface area contributed by atoms with Crippen LogP contribution in [-0.4, -0.2) is 30.9 Å². The van der Waals surface area contributed by atoms with E-state index in [2.05, 4.69) is 25.6 Å². The van der Waals surface area contributed by atoms with Crippen LogP contribution in [0.3, 0.4) is 0 Å². The fourth-order valence-electron chi connectivity index (χ4n) is 2.87. The summed E-state index contributed by atoms with van der Waals surface area (Å²) in [6.45, 7) is 1.82. The molecule has 27 heavy (non-hydrogen) atoms. The Kier molecular flexibility index (Phi) is 4.08. The topological polar surface area (TPSA) is 85.6 Å². The highest BCUT2D eigenvalue weighted by Crippen LogP contribution is 2.24. The molecule has 0 unspecified atom stereocenters. The Morgan fingerprint density at radius 3 is 2.78 bits per heavy atom. The van der Waals surface area contributed by atoms with Crippen molar-refractivity contribution in [3.8, 4) is 11.4 Å². The number of amides is 1. The summed E-state index contributed by atoms with van der Waals surface area (Å²) < 4.78 is 15.6. The van der Waals surface area contributed by atoms with Crippen LogP contribution in [-0.2, 0) is 7.05 Å². The molecule has 4 rings (SSSR count). The molecule has 7 nitrogen and oxygen atoms in total. The summed E-state index contributed by atoms with van der Waals surface area (Å²) in [6.07, 6.45) is 1.37. The molecule has 0 radical (unpaired) electrons. The number of aromatic nitrogens is 5. The zero-order chi connectivity index (χ0) is 19.0. The molecule has 0 atom stereocenters. The van der Waals surface area contributed by atoms with Crippen molar-refractivity contribution in [2.45, 2.75) is 6.92 Å². The molecule has 134 valence electrons. The van der Waals surface area contributed by atoms with Gasteiger partial charge in [0.05, 0.1) is 16.9 Å². The molecule has 0 fully saturated rings. The SMILES string of the molecule is Cc1cc2c(NC(=O)c3cc(F)cc(-c4ncnn4C)c3)cccc2nn1. The van der Waals surface area contributed by atoms with Gasteiger partial charge in [-0.05, 0) is 43.3 Å². The third kappa shape index (κ3) is 3.24. The van der Waals surface area contributed by atoms with E-state index in [-0.39, 0.29) is 5.56 Å². The maximum atomic E-state index is 14.1. The van der Waals surface area contributed by atoms with Crippen LogP contribution in [0.1, 0.15) is 16.1 Å². The maximum Gasteiger partial charge on any atom is 0.255 e. The Morgan fingerprint density at radius 2 is 2.00 bits per heavy atom. The fourth-order valence-corrected chi connectivity index (χ4v) is 2.87. The van der Waals surface area contributed by atoms with Crippen LogP contribution in [0.15, 0.2) is 48.8 Å². The molecule has 4 aromatic rings. The van der Waals surface area contributed by atoms with Gasteiger partial charge in [-0.2, -0.15) is 15.3 Å². The first-order valence-electron chi connectivity index (χ1n) is 8.20. The number of fused-ring (bicyclic) bond motifs is 1. The van der Waals surface area contributed by atoms with Gasteiger partial charge in [-0.25, -0.2) is 14.1 Å². The highest BCUT2D eigenvalue weighted by atomic mass is 19.1. The van der Waals surface area contributed by atoms with Gasteiger partial charge >= 0.3 is 0 Å². The Balaban J connectivity index is 1.71. The number of aryl methyl sites for hydroxylation is 2. The van der Waals surface area contributed by atoms with E-state index in [1.165, 1.54) is 23.1 Å². The van der Waals surface area contributed by atoms with E-state index in [0.717, 1.165) is 11.1 Å². The van der Waals surface area contributed by atoms with Gasteiger partial charge in [0.2, 0.25) is 0 Å². The number of carbonyl (C=O) groups excluding carboxylic acids is 1. The lowest BCUT2D eigenvalue weighted by molar-refractivity contribution is 0.102. The van der Waals surface area contributed by atoms with Gasteiger partial charge in [-0.1, -0.05) is 6.07 Å². The van der Waals surface area contributed by atoms with Crippen molar-refractivity contribution in [3.05, 3.63) is 65.9 Å². The zero-order valence-corrected chi connectivity index (χ0v) is 14.6. The second-order valence-electron chi connectivity index (χ2n) is 6.11. The Hall–Kier alpha value is -3.68. The minimum Gasteiger partial charge on any atom is -0.321 e. The minimum absolute atomic E-state index is 0.184. The molecular weight excluding hydrogens is 347 g/mol. The van der Waals surface area contributed by atoms with Crippen LogP contribution in [0.25, 0.3) is 22.3 Å². The molecule has 0 aliphatic carbocycles. The molecule has 8 heteroatoms. The summed E-state index contributed by atoms with van der Waals surface area (Å²) in [5.41, 5.74) is 2.64. The first-order valence-corrected chi connectivity index (χ1v) is 8.20. The summed E-state index contributed by atoms with van der Waals surface area (Å²) in [5.74, 6) is -0.486. The standard InChI is InChI=1S/C19H15FN6O/c1-11-6-15-16(4-3-5-17(15)25-24-11)23-19(27)13-7-12(8-14(20)9-13)18-21-10-22-26(18)2/h3-10H,1-2H3,(H,23,27). The number of anilines is 1. The second-order valence-corrected chi connectivity index (χ2v) is 6.11. The van der Waals surface area contributed by atoms with Gasteiger partial charge in [0.15, 0.2) is 5.82 Å². The lowest BCUT2D eigenvalue weighted by Crippen LogP contribution is -2.13. The van der Waals surface area contributed by atoms with Crippen molar-refractivity contribution in [3.63, 3.8) is 0 Å². The third-order valence-corrected chi connectivity index (χ3v) is 4.13. The quantitative estimate of drug-likeness (QED) is 0.605. The summed E-state index contributed by atoms with van der Waals surface area (Å²) in [4.78, 5) is 16.8. The predicted octanol–water partition coefficient (Wildman–Crippen LogP) is 3.13. The maximum absolute atomic E-state index is 14.1. The second kappa shape index (κ2) is 6.56. The Bertz CT molecular complexity index is 1170. The summed E-state index contributed by atoms with van der Waals surface area (Å²) in [6, 6.07) is 11.3. The molecular formula is C19H15FN6O. The van der Waals surface area contributed by atoms with Crippen LogP contribution >= 0.6 is 0 Å². The first-order chi connectivity index (χ1) is 13.0. The highest BCUT2D eigenvalue weighted by Gasteiger charge is 2.14.